The maximum absolute atomic E-state index is 10.7. The summed E-state index contributed by atoms with van der Waals surface area (Å²) in [7, 11) is 0. The zero-order valence-corrected chi connectivity index (χ0v) is 7.86. The van der Waals surface area contributed by atoms with E-state index in [1.807, 2.05) is 0 Å². The largest absolute Gasteiger partial charge is 0.369 e. The van der Waals surface area contributed by atoms with E-state index in [1.165, 1.54) is 0 Å². The van der Waals surface area contributed by atoms with Crippen LogP contribution in [0, 0.1) is 5.92 Å². The Bertz CT molecular complexity index is 99.8. The second kappa shape index (κ2) is 5.71. The van der Waals surface area contributed by atoms with E-state index in [0.29, 0.717) is 0 Å². The number of amides is 1. The van der Waals surface area contributed by atoms with Gasteiger partial charge in [0.15, 0.2) is 0 Å². The Labute approximate surface area is 70.3 Å². The highest BCUT2D eigenvalue weighted by Gasteiger charge is 2.11. The fourth-order valence-electron chi connectivity index (χ4n) is 0.909. The van der Waals surface area contributed by atoms with Crippen molar-refractivity contribution in [3.8, 4) is 0 Å². The van der Waals surface area contributed by atoms with Gasteiger partial charge >= 0.3 is 0 Å². The Kier molecular flexibility index (Phi) is 5.69. The second-order valence-electron chi connectivity index (χ2n) is 2.37. The molecule has 0 aliphatic heterocycles. The Balaban J connectivity index is 3.61. The van der Waals surface area contributed by atoms with Gasteiger partial charge in [-0.1, -0.05) is 29.3 Å². The monoisotopic (exact) mass is 207 g/mol. The van der Waals surface area contributed by atoms with Gasteiger partial charge in [0.05, 0.1) is 0 Å². The van der Waals surface area contributed by atoms with Crippen LogP contribution in [-0.2, 0) is 4.79 Å². The molecule has 2 N–H and O–H groups in total. The fraction of sp³-hybridized carbons (Fsp3) is 0.857. The minimum Gasteiger partial charge on any atom is -0.369 e. The number of halogens is 1. The first-order valence-electron chi connectivity index (χ1n) is 3.57. The Morgan fingerprint density at radius 3 is 2.50 bits per heavy atom. The second-order valence-corrected chi connectivity index (χ2v) is 3.16. The average molecular weight is 208 g/mol. The minimum absolute atomic E-state index is 0.0735. The van der Waals surface area contributed by atoms with Crippen LogP contribution in [0.2, 0.25) is 0 Å². The van der Waals surface area contributed by atoms with Crippen LogP contribution < -0.4 is 5.73 Å². The third-order valence-electron chi connectivity index (χ3n) is 1.50. The molecule has 0 aromatic rings. The maximum atomic E-state index is 10.7. The van der Waals surface area contributed by atoms with Gasteiger partial charge < -0.3 is 5.73 Å². The number of carbonyl (C=O) groups is 1. The predicted molar refractivity (Wildman–Crippen MR) is 46.0 cm³/mol. The molecule has 0 heterocycles. The van der Waals surface area contributed by atoms with Crippen molar-refractivity contribution in [2.24, 2.45) is 11.7 Å². The molecule has 1 unspecified atom stereocenters. The summed E-state index contributed by atoms with van der Waals surface area (Å²) < 4.78 is 0. The summed E-state index contributed by atoms with van der Waals surface area (Å²) in [6, 6.07) is 0. The molecule has 0 bridgehead atoms. The van der Waals surface area contributed by atoms with E-state index in [0.717, 1.165) is 24.6 Å². The standard InChI is InChI=1S/C7H14BrNO/c1-2-3-6(4-5-8)7(9)10/h6H,2-5H2,1H3,(H2,9,10). The third-order valence-corrected chi connectivity index (χ3v) is 1.95. The highest BCUT2D eigenvalue weighted by Crippen LogP contribution is 2.11. The summed E-state index contributed by atoms with van der Waals surface area (Å²) in [5, 5.41) is 0.862. The van der Waals surface area contributed by atoms with Crippen LogP contribution in [0.3, 0.4) is 0 Å². The number of nitrogens with two attached hydrogens (primary N) is 1. The van der Waals surface area contributed by atoms with Gasteiger partial charge in [0, 0.05) is 11.2 Å². The van der Waals surface area contributed by atoms with E-state index >= 15 is 0 Å². The molecule has 0 saturated carbocycles. The molecule has 0 saturated heterocycles. The van der Waals surface area contributed by atoms with E-state index in [4.69, 9.17) is 5.73 Å². The summed E-state index contributed by atoms with van der Waals surface area (Å²) >= 11 is 3.28. The molecule has 0 radical (unpaired) electrons. The number of alkyl halides is 1. The van der Waals surface area contributed by atoms with Crippen LogP contribution in [0.15, 0.2) is 0 Å². The molecule has 0 aromatic heterocycles. The van der Waals surface area contributed by atoms with Crippen molar-refractivity contribution in [2.45, 2.75) is 26.2 Å². The molecule has 0 aliphatic carbocycles. The van der Waals surface area contributed by atoms with Gasteiger partial charge in [-0.05, 0) is 12.8 Å². The van der Waals surface area contributed by atoms with E-state index in [2.05, 4.69) is 22.9 Å². The van der Waals surface area contributed by atoms with Gasteiger partial charge in [0.1, 0.15) is 0 Å². The average Bonchev–Trinajstić information content (AvgIpc) is 1.87. The zero-order chi connectivity index (χ0) is 7.98. The number of hydrogen-bond acceptors (Lipinski definition) is 1. The van der Waals surface area contributed by atoms with Crippen molar-refractivity contribution in [3.05, 3.63) is 0 Å². The topological polar surface area (TPSA) is 43.1 Å². The molecule has 1 atom stereocenters. The first kappa shape index (κ1) is 9.95. The quantitative estimate of drug-likeness (QED) is 0.686. The SMILES string of the molecule is CCCC(CCBr)C(N)=O. The molecule has 60 valence electrons. The molecule has 0 spiro atoms. The van der Waals surface area contributed by atoms with Crippen molar-refractivity contribution in [1.82, 2.24) is 0 Å². The normalized spacial score (nSPS) is 13.0. The number of hydrogen-bond donors (Lipinski definition) is 1. The maximum Gasteiger partial charge on any atom is 0.220 e. The van der Waals surface area contributed by atoms with Crippen LogP contribution in [0.5, 0.6) is 0 Å². The molecule has 0 fully saturated rings. The Morgan fingerprint density at radius 1 is 1.60 bits per heavy atom. The van der Waals surface area contributed by atoms with Crippen LogP contribution in [0.25, 0.3) is 0 Å². The zero-order valence-electron chi connectivity index (χ0n) is 6.27. The molecule has 10 heavy (non-hydrogen) atoms. The molecular formula is C7H14BrNO. The molecule has 2 nitrogen and oxygen atoms in total. The van der Waals surface area contributed by atoms with Crippen molar-refractivity contribution in [3.63, 3.8) is 0 Å². The Morgan fingerprint density at radius 2 is 2.20 bits per heavy atom. The fourth-order valence-corrected chi connectivity index (χ4v) is 1.46. The number of carbonyl (C=O) groups excluding carboxylic acids is 1. The van der Waals surface area contributed by atoms with Crippen LogP contribution in [-0.4, -0.2) is 11.2 Å². The van der Waals surface area contributed by atoms with Crippen LogP contribution in [0.1, 0.15) is 26.2 Å². The molecule has 0 aliphatic rings. The molecule has 0 rings (SSSR count). The lowest BCUT2D eigenvalue weighted by molar-refractivity contribution is -0.122. The first-order valence-corrected chi connectivity index (χ1v) is 4.69. The summed E-state index contributed by atoms with van der Waals surface area (Å²) in [5.74, 6) is -0.0920. The van der Waals surface area contributed by atoms with E-state index < -0.39 is 0 Å². The van der Waals surface area contributed by atoms with Gasteiger partial charge in [-0.25, -0.2) is 0 Å². The van der Waals surface area contributed by atoms with Crippen molar-refractivity contribution >= 4 is 21.8 Å². The third kappa shape index (κ3) is 3.88. The van der Waals surface area contributed by atoms with Crippen molar-refractivity contribution in [1.29, 1.82) is 0 Å². The van der Waals surface area contributed by atoms with Gasteiger partial charge in [-0.2, -0.15) is 0 Å². The van der Waals surface area contributed by atoms with Gasteiger partial charge in [0.2, 0.25) is 5.91 Å². The summed E-state index contributed by atoms with van der Waals surface area (Å²) in [5.41, 5.74) is 5.15. The van der Waals surface area contributed by atoms with Crippen molar-refractivity contribution in [2.75, 3.05) is 5.33 Å². The van der Waals surface area contributed by atoms with E-state index in [9.17, 15) is 4.79 Å². The summed E-state index contributed by atoms with van der Waals surface area (Å²) in [6.07, 6.45) is 2.81. The lowest BCUT2D eigenvalue weighted by Gasteiger charge is -2.08. The molecule has 3 heteroatoms. The minimum atomic E-state index is -0.165. The molecular weight excluding hydrogens is 194 g/mol. The molecule has 0 aromatic carbocycles. The number of primary amides is 1. The van der Waals surface area contributed by atoms with E-state index in [1.54, 1.807) is 0 Å². The van der Waals surface area contributed by atoms with Gasteiger partial charge in [0.25, 0.3) is 0 Å². The van der Waals surface area contributed by atoms with Crippen LogP contribution in [0.4, 0.5) is 0 Å². The Hall–Kier alpha value is -0.0500. The smallest absolute Gasteiger partial charge is 0.220 e. The summed E-state index contributed by atoms with van der Waals surface area (Å²) in [6.45, 7) is 2.06. The number of rotatable bonds is 5. The lowest BCUT2D eigenvalue weighted by atomic mass is 10.0. The van der Waals surface area contributed by atoms with Gasteiger partial charge in [-0.15, -0.1) is 0 Å². The highest BCUT2D eigenvalue weighted by atomic mass is 79.9. The lowest BCUT2D eigenvalue weighted by Crippen LogP contribution is -2.23. The van der Waals surface area contributed by atoms with E-state index in [-0.39, 0.29) is 11.8 Å². The van der Waals surface area contributed by atoms with Gasteiger partial charge in [-0.3, -0.25) is 4.79 Å². The summed E-state index contributed by atoms with van der Waals surface area (Å²) in [4.78, 5) is 10.7. The predicted octanol–water partition coefficient (Wildman–Crippen LogP) is 1.67. The first-order chi connectivity index (χ1) is 4.72. The van der Waals surface area contributed by atoms with Crippen LogP contribution >= 0.6 is 15.9 Å². The van der Waals surface area contributed by atoms with Crippen molar-refractivity contribution < 1.29 is 4.79 Å². The molecule has 1 amide bonds. The highest BCUT2D eigenvalue weighted by molar-refractivity contribution is 9.09.